The predicted octanol–water partition coefficient (Wildman–Crippen LogP) is 2.19. The Bertz CT molecular complexity index is 447. The Morgan fingerprint density at radius 2 is 1.89 bits per heavy atom. The van der Waals surface area contributed by atoms with Gasteiger partial charge in [-0.05, 0) is 61.4 Å². The first-order valence-corrected chi connectivity index (χ1v) is 7.65. The lowest BCUT2D eigenvalue weighted by atomic mass is 9.68. The van der Waals surface area contributed by atoms with Crippen molar-refractivity contribution < 1.29 is 4.79 Å². The van der Waals surface area contributed by atoms with Gasteiger partial charge >= 0.3 is 0 Å². The molecule has 2 unspecified atom stereocenters. The van der Waals surface area contributed by atoms with E-state index < -0.39 is 0 Å². The first kappa shape index (κ1) is 10.9. The van der Waals surface area contributed by atoms with Crippen molar-refractivity contribution >= 4 is 17.4 Å². The molecule has 1 amide bonds. The second kappa shape index (κ2) is 4.02. The fourth-order valence-electron chi connectivity index (χ4n) is 4.44. The van der Waals surface area contributed by atoms with Crippen molar-refractivity contribution in [2.75, 3.05) is 6.54 Å². The van der Waals surface area contributed by atoms with Crippen molar-refractivity contribution in [2.45, 2.75) is 38.1 Å². The summed E-state index contributed by atoms with van der Waals surface area (Å²) < 4.78 is 3.81. The van der Waals surface area contributed by atoms with Crippen molar-refractivity contribution in [2.24, 2.45) is 17.8 Å². The molecule has 4 aliphatic rings. The van der Waals surface area contributed by atoms with Crippen molar-refractivity contribution in [1.82, 2.24) is 14.5 Å². The first-order valence-electron chi connectivity index (χ1n) is 6.88. The van der Waals surface area contributed by atoms with E-state index in [9.17, 15) is 4.79 Å². The monoisotopic (exact) mass is 263 g/mol. The second-order valence-electron chi connectivity index (χ2n) is 6.17. The summed E-state index contributed by atoms with van der Waals surface area (Å²) in [4.78, 5) is 15.4. The third-order valence-corrected chi connectivity index (χ3v) is 5.59. The number of hydrogen-bond acceptors (Lipinski definition) is 4. The van der Waals surface area contributed by atoms with Crippen LogP contribution < -0.4 is 0 Å². The van der Waals surface area contributed by atoms with Gasteiger partial charge in [-0.15, -0.1) is 5.10 Å². The molecule has 2 atom stereocenters. The molecule has 3 heterocycles. The molecule has 4 fully saturated rings. The molecular weight excluding hydrogens is 246 g/mol. The maximum Gasteiger partial charge on any atom is 0.267 e. The molecular formula is C13H17N3OS. The number of nitrogens with zero attached hydrogens (tertiary/aromatic N) is 3. The van der Waals surface area contributed by atoms with Crippen LogP contribution in [0.1, 0.15) is 41.8 Å². The van der Waals surface area contributed by atoms with Crippen LogP contribution in [0.2, 0.25) is 0 Å². The summed E-state index contributed by atoms with van der Waals surface area (Å²) in [6, 6.07) is 0.482. The third-order valence-electron chi connectivity index (χ3n) is 4.94. The van der Waals surface area contributed by atoms with Gasteiger partial charge in [-0.25, -0.2) is 0 Å². The summed E-state index contributed by atoms with van der Waals surface area (Å²) in [5, 5.41) is 3.79. The van der Waals surface area contributed by atoms with Gasteiger partial charge in [0.25, 0.3) is 5.91 Å². The molecule has 2 saturated carbocycles. The predicted molar refractivity (Wildman–Crippen MR) is 68.3 cm³/mol. The van der Waals surface area contributed by atoms with Crippen LogP contribution in [0.5, 0.6) is 0 Å². The van der Waals surface area contributed by atoms with E-state index in [1.54, 1.807) is 6.20 Å². The van der Waals surface area contributed by atoms with E-state index in [-0.39, 0.29) is 5.91 Å². The summed E-state index contributed by atoms with van der Waals surface area (Å²) in [7, 11) is 0. The van der Waals surface area contributed by atoms with Gasteiger partial charge < -0.3 is 4.90 Å². The maximum atomic E-state index is 12.5. The maximum absolute atomic E-state index is 12.5. The van der Waals surface area contributed by atoms with E-state index in [1.165, 1.54) is 43.6 Å². The molecule has 2 aliphatic carbocycles. The van der Waals surface area contributed by atoms with E-state index in [0.717, 1.165) is 24.3 Å². The highest BCUT2D eigenvalue weighted by molar-refractivity contribution is 7.07. The lowest BCUT2D eigenvalue weighted by molar-refractivity contribution is 0.0637. The lowest BCUT2D eigenvalue weighted by Gasteiger charge is -2.38. The highest BCUT2D eigenvalue weighted by Crippen LogP contribution is 2.47. The minimum absolute atomic E-state index is 0.170. The molecule has 1 aromatic rings. The zero-order chi connectivity index (χ0) is 12.1. The zero-order valence-electron chi connectivity index (χ0n) is 10.3. The molecule has 5 rings (SSSR count). The lowest BCUT2D eigenvalue weighted by Crippen LogP contribution is -2.41. The smallest absolute Gasteiger partial charge is 0.267 e. The molecule has 0 aromatic carbocycles. The van der Waals surface area contributed by atoms with Crippen molar-refractivity contribution in [3.8, 4) is 0 Å². The number of hydrogen-bond donors (Lipinski definition) is 0. The average molecular weight is 263 g/mol. The van der Waals surface area contributed by atoms with Gasteiger partial charge in [-0.3, -0.25) is 4.79 Å². The number of amides is 1. The van der Waals surface area contributed by atoms with E-state index in [2.05, 4.69) is 14.5 Å². The van der Waals surface area contributed by atoms with Crippen molar-refractivity contribution in [1.29, 1.82) is 0 Å². The Morgan fingerprint density at radius 1 is 1.17 bits per heavy atom. The minimum atomic E-state index is 0.170. The number of carbonyl (C=O) groups is 1. The van der Waals surface area contributed by atoms with E-state index >= 15 is 0 Å². The van der Waals surface area contributed by atoms with Gasteiger partial charge in [0.2, 0.25) is 0 Å². The van der Waals surface area contributed by atoms with Crippen LogP contribution in [0.25, 0.3) is 0 Å². The van der Waals surface area contributed by atoms with Crippen LogP contribution in [0.3, 0.4) is 0 Å². The Labute approximate surface area is 111 Å². The highest BCUT2D eigenvalue weighted by atomic mass is 32.1. The number of fused-ring (bicyclic) bond motifs is 1. The van der Waals surface area contributed by atoms with Crippen LogP contribution in [-0.2, 0) is 0 Å². The Balaban J connectivity index is 1.64. The fourth-order valence-corrected chi connectivity index (χ4v) is 4.91. The highest BCUT2D eigenvalue weighted by Gasteiger charge is 2.44. The molecule has 96 valence electrons. The SMILES string of the molecule is O=C(c1cnns1)N1CC2CC3CC(C2)CC1C3. The van der Waals surface area contributed by atoms with Crippen LogP contribution >= 0.6 is 11.5 Å². The van der Waals surface area contributed by atoms with Crippen LogP contribution in [-0.4, -0.2) is 33.0 Å². The van der Waals surface area contributed by atoms with Crippen molar-refractivity contribution in [3.63, 3.8) is 0 Å². The van der Waals surface area contributed by atoms with Gasteiger partial charge in [-0.1, -0.05) is 4.49 Å². The molecule has 18 heavy (non-hydrogen) atoms. The minimum Gasteiger partial charge on any atom is -0.335 e. The van der Waals surface area contributed by atoms with Crippen LogP contribution in [0, 0.1) is 17.8 Å². The molecule has 2 aliphatic heterocycles. The van der Waals surface area contributed by atoms with Gasteiger partial charge in [-0.2, -0.15) is 0 Å². The number of carbonyl (C=O) groups excluding carboxylic acids is 1. The summed E-state index contributed by atoms with van der Waals surface area (Å²) in [5.41, 5.74) is 0. The molecule has 2 saturated heterocycles. The van der Waals surface area contributed by atoms with Gasteiger partial charge in [0, 0.05) is 12.6 Å². The van der Waals surface area contributed by atoms with E-state index in [1.807, 2.05) is 0 Å². The molecule has 0 radical (unpaired) electrons. The summed E-state index contributed by atoms with van der Waals surface area (Å²) in [6.45, 7) is 0.967. The number of rotatable bonds is 1. The summed E-state index contributed by atoms with van der Waals surface area (Å²) in [5.74, 6) is 2.67. The van der Waals surface area contributed by atoms with Crippen LogP contribution in [0.15, 0.2) is 6.20 Å². The summed E-state index contributed by atoms with van der Waals surface area (Å²) in [6.07, 6.45) is 8.17. The Kier molecular flexibility index (Phi) is 2.43. The second-order valence-corrected chi connectivity index (χ2v) is 6.96. The van der Waals surface area contributed by atoms with Gasteiger partial charge in [0.1, 0.15) is 4.88 Å². The Morgan fingerprint density at radius 3 is 2.56 bits per heavy atom. The zero-order valence-corrected chi connectivity index (χ0v) is 11.1. The number of aromatic nitrogens is 2. The third kappa shape index (κ3) is 1.67. The largest absolute Gasteiger partial charge is 0.335 e. The van der Waals surface area contributed by atoms with Crippen LogP contribution in [0.4, 0.5) is 0 Å². The topological polar surface area (TPSA) is 46.1 Å². The van der Waals surface area contributed by atoms with Crippen molar-refractivity contribution in [3.05, 3.63) is 11.1 Å². The van der Waals surface area contributed by atoms with E-state index in [4.69, 9.17) is 0 Å². The molecule has 1 aromatic heterocycles. The van der Waals surface area contributed by atoms with E-state index in [0.29, 0.717) is 10.9 Å². The normalized spacial score (nSPS) is 37.9. The van der Waals surface area contributed by atoms with Gasteiger partial charge in [0.05, 0.1) is 6.20 Å². The van der Waals surface area contributed by atoms with Gasteiger partial charge in [0.15, 0.2) is 0 Å². The molecule has 5 heteroatoms. The standard InChI is InChI=1S/C13H17N3OS/c17-13(12-6-14-15-18-12)16-7-10-2-8-1-9(3-10)5-11(16)4-8/h6,8-11H,1-5,7H2. The molecule has 0 spiro atoms. The molecule has 0 N–H and O–H groups in total. The summed E-state index contributed by atoms with van der Waals surface area (Å²) >= 11 is 1.23. The average Bonchev–Trinajstić information content (AvgIpc) is 2.80. The fraction of sp³-hybridized carbons (Fsp3) is 0.769. The first-order chi connectivity index (χ1) is 8.79. The quantitative estimate of drug-likeness (QED) is 0.780. The molecule has 4 nitrogen and oxygen atoms in total. The molecule has 4 bridgehead atoms. The Hall–Kier alpha value is -0.970.